The molecule has 0 fully saturated rings. The van der Waals surface area contributed by atoms with E-state index in [1.807, 2.05) is 0 Å². The van der Waals surface area contributed by atoms with Gasteiger partial charge in [0, 0.05) is 6.20 Å². The number of pyridine rings is 1. The van der Waals surface area contributed by atoms with Gasteiger partial charge in [-0.05, 0) is 0 Å². The third-order valence-corrected chi connectivity index (χ3v) is 2.06. The first-order valence-corrected chi connectivity index (χ1v) is 3.90. The van der Waals surface area contributed by atoms with Crippen molar-refractivity contribution in [3.63, 3.8) is 0 Å². The third-order valence-electron chi connectivity index (χ3n) is 1.36. The van der Waals surface area contributed by atoms with Crippen molar-refractivity contribution in [2.45, 2.75) is 6.43 Å². The monoisotopic (exact) mass is 225 g/mol. The maximum absolute atomic E-state index is 12.2. The van der Waals surface area contributed by atoms with Crippen LogP contribution in [0.5, 0.6) is 0 Å². The number of halogens is 4. The summed E-state index contributed by atoms with van der Waals surface area (Å²) in [5.74, 6) is 0. The summed E-state index contributed by atoms with van der Waals surface area (Å²) in [4.78, 5) is 13.7. The lowest BCUT2D eigenvalue weighted by Crippen LogP contribution is -1.96. The number of alkyl halides is 2. The van der Waals surface area contributed by atoms with Crippen molar-refractivity contribution in [3.8, 4) is 0 Å². The zero-order valence-electron chi connectivity index (χ0n) is 6.10. The lowest BCUT2D eigenvalue weighted by Gasteiger charge is -2.04. The summed E-state index contributed by atoms with van der Waals surface area (Å²) in [5.41, 5.74) is -0.790. The molecule has 1 aromatic rings. The highest BCUT2D eigenvalue weighted by Gasteiger charge is 2.18. The molecule has 0 N–H and O–H groups in total. The second-order valence-corrected chi connectivity index (χ2v) is 2.92. The lowest BCUT2D eigenvalue weighted by molar-refractivity contribution is 0.112. The predicted molar refractivity (Wildman–Crippen MR) is 44.6 cm³/mol. The molecular formula is C7H3Cl2F2NO. The van der Waals surface area contributed by atoms with Gasteiger partial charge >= 0.3 is 0 Å². The van der Waals surface area contributed by atoms with Gasteiger partial charge in [0.05, 0.1) is 15.6 Å². The van der Waals surface area contributed by atoms with Crippen LogP contribution in [0.2, 0.25) is 10.0 Å². The molecule has 0 saturated carbocycles. The summed E-state index contributed by atoms with van der Waals surface area (Å²) in [5, 5.41) is -0.429. The standard InChI is InChI=1S/C7H3Cl2F2NO/c8-4-1-12-6(7(10)11)5(9)3(4)2-13/h1-2,7H. The zero-order valence-corrected chi connectivity index (χ0v) is 7.61. The highest BCUT2D eigenvalue weighted by molar-refractivity contribution is 6.38. The van der Waals surface area contributed by atoms with E-state index >= 15 is 0 Å². The van der Waals surface area contributed by atoms with E-state index in [4.69, 9.17) is 23.2 Å². The van der Waals surface area contributed by atoms with Gasteiger partial charge in [-0.2, -0.15) is 0 Å². The minimum atomic E-state index is -2.82. The highest BCUT2D eigenvalue weighted by Crippen LogP contribution is 2.30. The Balaban J connectivity index is 3.35. The molecule has 0 aliphatic rings. The molecule has 1 rings (SSSR count). The van der Waals surface area contributed by atoms with E-state index in [2.05, 4.69) is 4.98 Å². The molecule has 1 heterocycles. The fourth-order valence-electron chi connectivity index (χ4n) is 0.755. The molecule has 2 nitrogen and oxygen atoms in total. The minimum absolute atomic E-state index is 0.0376. The number of carbonyl (C=O) groups excluding carboxylic acids is 1. The predicted octanol–water partition coefficient (Wildman–Crippen LogP) is 3.14. The Morgan fingerprint density at radius 1 is 1.46 bits per heavy atom. The van der Waals surface area contributed by atoms with E-state index in [1.165, 1.54) is 0 Å². The topological polar surface area (TPSA) is 30.0 Å². The van der Waals surface area contributed by atoms with Crippen LogP contribution in [0.1, 0.15) is 22.5 Å². The van der Waals surface area contributed by atoms with Gasteiger partial charge in [0.1, 0.15) is 5.69 Å². The smallest absolute Gasteiger partial charge is 0.281 e. The Kier molecular flexibility index (Phi) is 3.17. The Morgan fingerprint density at radius 3 is 2.54 bits per heavy atom. The lowest BCUT2D eigenvalue weighted by atomic mass is 10.2. The van der Waals surface area contributed by atoms with Crippen LogP contribution in [0.4, 0.5) is 8.78 Å². The molecule has 70 valence electrons. The molecule has 0 aromatic carbocycles. The van der Waals surface area contributed by atoms with Crippen LogP contribution in [0, 0.1) is 0 Å². The maximum Gasteiger partial charge on any atom is 0.281 e. The fourth-order valence-corrected chi connectivity index (χ4v) is 1.27. The summed E-state index contributed by atoms with van der Waals surface area (Å²) in [6.45, 7) is 0. The van der Waals surface area contributed by atoms with Gasteiger partial charge in [-0.3, -0.25) is 9.78 Å². The highest BCUT2D eigenvalue weighted by atomic mass is 35.5. The van der Waals surface area contributed by atoms with Crippen LogP contribution in [-0.4, -0.2) is 11.3 Å². The fraction of sp³-hybridized carbons (Fsp3) is 0.143. The number of nitrogens with zero attached hydrogens (tertiary/aromatic N) is 1. The van der Waals surface area contributed by atoms with Gasteiger partial charge in [-0.15, -0.1) is 0 Å². The van der Waals surface area contributed by atoms with Crippen molar-refractivity contribution >= 4 is 29.5 Å². The Labute approximate surface area is 82.5 Å². The average Bonchev–Trinajstić information content (AvgIpc) is 2.04. The van der Waals surface area contributed by atoms with Crippen molar-refractivity contribution in [2.75, 3.05) is 0 Å². The molecule has 1 aromatic heterocycles. The summed E-state index contributed by atoms with van der Waals surface area (Å²) in [6.07, 6.45) is -1.53. The Bertz CT molecular complexity index is 344. The van der Waals surface area contributed by atoms with E-state index in [0.717, 1.165) is 6.20 Å². The molecule has 13 heavy (non-hydrogen) atoms. The molecule has 0 spiro atoms. The van der Waals surface area contributed by atoms with Crippen LogP contribution in [0.15, 0.2) is 6.20 Å². The second kappa shape index (κ2) is 3.98. The van der Waals surface area contributed by atoms with Crippen molar-refractivity contribution in [2.24, 2.45) is 0 Å². The van der Waals surface area contributed by atoms with Crippen molar-refractivity contribution in [1.82, 2.24) is 4.98 Å². The van der Waals surface area contributed by atoms with E-state index in [1.54, 1.807) is 0 Å². The second-order valence-electron chi connectivity index (χ2n) is 2.14. The summed E-state index contributed by atoms with van der Waals surface area (Å²) >= 11 is 10.9. The van der Waals surface area contributed by atoms with E-state index in [0.29, 0.717) is 6.29 Å². The molecule has 0 amide bonds. The number of rotatable bonds is 2. The first-order chi connectivity index (χ1) is 6.07. The molecule has 0 aliphatic heterocycles. The van der Waals surface area contributed by atoms with Gasteiger partial charge in [0.25, 0.3) is 6.43 Å². The van der Waals surface area contributed by atoms with E-state index in [9.17, 15) is 13.6 Å². The first kappa shape index (κ1) is 10.3. The molecule has 6 heteroatoms. The molecular weight excluding hydrogens is 223 g/mol. The molecule has 0 unspecified atom stereocenters. The van der Waals surface area contributed by atoms with Crippen molar-refractivity contribution in [1.29, 1.82) is 0 Å². The molecule has 0 bridgehead atoms. The number of aldehydes is 1. The SMILES string of the molecule is O=Cc1c(Cl)cnc(C(F)F)c1Cl. The van der Waals surface area contributed by atoms with Gasteiger partial charge < -0.3 is 0 Å². The average molecular weight is 226 g/mol. The quantitative estimate of drug-likeness (QED) is 0.725. The number of carbonyl (C=O) groups is 1. The largest absolute Gasteiger partial charge is 0.298 e. The molecule has 0 atom stereocenters. The van der Waals surface area contributed by atoms with Gasteiger partial charge in [-0.1, -0.05) is 23.2 Å². The molecule has 0 radical (unpaired) electrons. The Hall–Kier alpha value is -0.740. The zero-order chi connectivity index (χ0) is 10.0. The summed E-state index contributed by atoms with van der Waals surface area (Å²) < 4.78 is 24.3. The van der Waals surface area contributed by atoms with E-state index in [-0.39, 0.29) is 10.6 Å². The van der Waals surface area contributed by atoms with Crippen LogP contribution in [-0.2, 0) is 0 Å². The number of hydrogen-bond acceptors (Lipinski definition) is 2. The van der Waals surface area contributed by atoms with Crippen molar-refractivity contribution < 1.29 is 13.6 Å². The third kappa shape index (κ3) is 1.95. The Morgan fingerprint density at radius 2 is 2.08 bits per heavy atom. The molecule has 0 saturated heterocycles. The van der Waals surface area contributed by atoms with Gasteiger partial charge in [0.2, 0.25) is 0 Å². The molecule has 0 aliphatic carbocycles. The van der Waals surface area contributed by atoms with Crippen LogP contribution < -0.4 is 0 Å². The number of hydrogen-bond donors (Lipinski definition) is 0. The summed E-state index contributed by atoms with van der Waals surface area (Å²) in [6, 6.07) is 0. The first-order valence-electron chi connectivity index (χ1n) is 3.15. The van der Waals surface area contributed by atoms with Crippen LogP contribution in [0.3, 0.4) is 0 Å². The summed E-state index contributed by atoms with van der Waals surface area (Å²) in [7, 11) is 0. The van der Waals surface area contributed by atoms with Crippen molar-refractivity contribution in [3.05, 3.63) is 27.5 Å². The van der Waals surface area contributed by atoms with Crippen LogP contribution in [0.25, 0.3) is 0 Å². The van der Waals surface area contributed by atoms with E-state index < -0.39 is 17.1 Å². The van der Waals surface area contributed by atoms with Gasteiger partial charge in [0.15, 0.2) is 6.29 Å². The maximum atomic E-state index is 12.2. The number of aromatic nitrogens is 1. The minimum Gasteiger partial charge on any atom is -0.298 e. The van der Waals surface area contributed by atoms with Crippen LogP contribution >= 0.6 is 23.2 Å². The van der Waals surface area contributed by atoms with Gasteiger partial charge in [-0.25, -0.2) is 8.78 Å². The normalized spacial score (nSPS) is 10.5.